The zero-order chi connectivity index (χ0) is 16.0. The van der Waals surface area contributed by atoms with E-state index in [9.17, 15) is 9.59 Å². The Morgan fingerprint density at radius 3 is 2.29 bits per heavy atom. The molecule has 21 heavy (non-hydrogen) atoms. The standard InChI is InChI=1S/C17H26N2O2/c1-5-12(3)16(18)17(21)19-15(13(4)20)10-14-8-6-11(2)7-9-14/h6-9,12,15-16H,5,10,18H2,1-4H3,(H,19,21)/t12-,15-,16+/m1/s1. The van der Waals surface area contributed by atoms with Gasteiger partial charge >= 0.3 is 0 Å². The molecular formula is C17H26N2O2. The number of hydrogen-bond acceptors (Lipinski definition) is 3. The average Bonchev–Trinajstić information content (AvgIpc) is 2.46. The molecule has 116 valence electrons. The van der Waals surface area contributed by atoms with Crippen molar-refractivity contribution in [2.24, 2.45) is 11.7 Å². The highest BCUT2D eigenvalue weighted by Crippen LogP contribution is 2.09. The predicted molar refractivity (Wildman–Crippen MR) is 84.9 cm³/mol. The third-order valence-electron chi connectivity index (χ3n) is 3.93. The second-order valence-electron chi connectivity index (χ2n) is 5.77. The lowest BCUT2D eigenvalue weighted by atomic mass is 9.97. The number of amides is 1. The SMILES string of the molecule is CC[C@@H](C)[C@H](N)C(=O)N[C@H](Cc1ccc(C)cc1)C(C)=O. The van der Waals surface area contributed by atoms with Gasteiger partial charge in [-0.25, -0.2) is 0 Å². The largest absolute Gasteiger partial charge is 0.345 e. The Hall–Kier alpha value is -1.68. The zero-order valence-corrected chi connectivity index (χ0v) is 13.3. The van der Waals surface area contributed by atoms with Crippen LogP contribution in [0.2, 0.25) is 0 Å². The molecule has 0 spiro atoms. The molecule has 0 heterocycles. The molecule has 1 aromatic carbocycles. The number of ketones is 1. The molecule has 0 saturated heterocycles. The molecule has 1 amide bonds. The summed E-state index contributed by atoms with van der Waals surface area (Å²) in [4.78, 5) is 23.9. The smallest absolute Gasteiger partial charge is 0.237 e. The summed E-state index contributed by atoms with van der Waals surface area (Å²) in [5.74, 6) is -0.214. The van der Waals surface area contributed by atoms with Gasteiger partial charge in [0.15, 0.2) is 5.78 Å². The minimum absolute atomic E-state index is 0.0553. The number of carbonyl (C=O) groups is 2. The van der Waals surface area contributed by atoms with E-state index in [0.29, 0.717) is 6.42 Å². The molecule has 4 nitrogen and oxygen atoms in total. The Bertz CT molecular complexity index is 482. The summed E-state index contributed by atoms with van der Waals surface area (Å²) < 4.78 is 0. The van der Waals surface area contributed by atoms with Crippen LogP contribution in [0.5, 0.6) is 0 Å². The van der Waals surface area contributed by atoms with E-state index in [4.69, 9.17) is 5.73 Å². The molecule has 0 aromatic heterocycles. The van der Waals surface area contributed by atoms with Crippen LogP contribution >= 0.6 is 0 Å². The first-order valence-corrected chi connectivity index (χ1v) is 7.47. The highest BCUT2D eigenvalue weighted by atomic mass is 16.2. The van der Waals surface area contributed by atoms with Crippen LogP contribution in [0.25, 0.3) is 0 Å². The number of hydrogen-bond donors (Lipinski definition) is 2. The Balaban J connectivity index is 2.72. The minimum atomic E-state index is -0.574. The van der Waals surface area contributed by atoms with E-state index < -0.39 is 12.1 Å². The van der Waals surface area contributed by atoms with Crippen LogP contribution in [0.3, 0.4) is 0 Å². The van der Waals surface area contributed by atoms with Crippen molar-refractivity contribution in [2.45, 2.75) is 52.6 Å². The zero-order valence-electron chi connectivity index (χ0n) is 13.3. The van der Waals surface area contributed by atoms with Crippen molar-refractivity contribution in [3.05, 3.63) is 35.4 Å². The maximum Gasteiger partial charge on any atom is 0.237 e. The first-order chi connectivity index (χ1) is 9.85. The van der Waals surface area contributed by atoms with Gasteiger partial charge in [-0.1, -0.05) is 50.1 Å². The quantitative estimate of drug-likeness (QED) is 0.806. The Morgan fingerprint density at radius 2 is 1.81 bits per heavy atom. The molecule has 0 aliphatic rings. The van der Waals surface area contributed by atoms with Crippen LogP contribution in [0.15, 0.2) is 24.3 Å². The number of rotatable bonds is 7. The maximum atomic E-state index is 12.1. The van der Waals surface area contributed by atoms with E-state index in [-0.39, 0.29) is 17.6 Å². The highest BCUT2D eigenvalue weighted by Gasteiger charge is 2.24. The molecule has 0 aliphatic carbocycles. The summed E-state index contributed by atoms with van der Waals surface area (Å²) in [6.07, 6.45) is 1.33. The lowest BCUT2D eigenvalue weighted by Gasteiger charge is -2.22. The van der Waals surface area contributed by atoms with Gasteiger partial charge in [0.1, 0.15) is 0 Å². The van der Waals surface area contributed by atoms with Crippen molar-refractivity contribution >= 4 is 11.7 Å². The minimum Gasteiger partial charge on any atom is -0.345 e. The Kier molecular flexibility index (Phi) is 6.56. The third-order valence-corrected chi connectivity index (χ3v) is 3.93. The molecule has 3 N–H and O–H groups in total. The van der Waals surface area contributed by atoms with E-state index in [1.54, 1.807) is 0 Å². The van der Waals surface area contributed by atoms with E-state index in [2.05, 4.69) is 5.32 Å². The Morgan fingerprint density at radius 1 is 1.24 bits per heavy atom. The van der Waals surface area contributed by atoms with Crippen molar-refractivity contribution < 1.29 is 9.59 Å². The number of benzene rings is 1. The number of aryl methyl sites for hydroxylation is 1. The normalized spacial score (nSPS) is 15.1. The average molecular weight is 290 g/mol. The molecule has 1 aromatic rings. The van der Waals surface area contributed by atoms with Gasteiger partial charge in [0, 0.05) is 0 Å². The number of nitrogens with one attached hydrogen (secondary N) is 1. The van der Waals surface area contributed by atoms with Crippen LogP contribution in [0.4, 0.5) is 0 Å². The number of Topliss-reactive ketones (excluding diaryl/α,β-unsaturated/α-hetero) is 1. The van der Waals surface area contributed by atoms with Gasteiger partial charge in [-0.3, -0.25) is 9.59 Å². The summed E-state index contributed by atoms with van der Waals surface area (Å²) in [6.45, 7) is 7.44. The first kappa shape index (κ1) is 17.4. The molecule has 0 fully saturated rings. The van der Waals surface area contributed by atoms with Gasteiger partial charge in [-0.05, 0) is 31.7 Å². The van der Waals surface area contributed by atoms with Crippen LogP contribution < -0.4 is 11.1 Å². The molecule has 0 saturated carbocycles. The fourth-order valence-electron chi connectivity index (χ4n) is 2.04. The van der Waals surface area contributed by atoms with Crippen LogP contribution in [-0.4, -0.2) is 23.8 Å². The lowest BCUT2D eigenvalue weighted by molar-refractivity contribution is -0.128. The fourth-order valence-corrected chi connectivity index (χ4v) is 2.04. The van der Waals surface area contributed by atoms with Crippen LogP contribution in [-0.2, 0) is 16.0 Å². The molecule has 0 aliphatic heterocycles. The molecule has 0 radical (unpaired) electrons. The molecule has 0 unspecified atom stereocenters. The topological polar surface area (TPSA) is 72.2 Å². The van der Waals surface area contributed by atoms with Gasteiger partial charge in [0.2, 0.25) is 5.91 Å². The van der Waals surface area contributed by atoms with Crippen molar-refractivity contribution in [1.29, 1.82) is 0 Å². The highest BCUT2D eigenvalue weighted by molar-refractivity contribution is 5.89. The van der Waals surface area contributed by atoms with E-state index >= 15 is 0 Å². The molecule has 0 bridgehead atoms. The predicted octanol–water partition coefficient (Wildman–Crippen LogP) is 1.98. The summed E-state index contributed by atoms with van der Waals surface area (Å²) in [7, 11) is 0. The Labute approximate surface area is 127 Å². The van der Waals surface area contributed by atoms with Crippen molar-refractivity contribution in [1.82, 2.24) is 5.32 Å². The lowest BCUT2D eigenvalue weighted by Crippen LogP contribution is -2.50. The van der Waals surface area contributed by atoms with Crippen molar-refractivity contribution in [3.8, 4) is 0 Å². The fraction of sp³-hybridized carbons (Fsp3) is 0.529. The molecular weight excluding hydrogens is 264 g/mol. The number of nitrogens with two attached hydrogens (primary N) is 1. The van der Waals surface area contributed by atoms with E-state index in [1.807, 2.05) is 45.0 Å². The summed E-state index contributed by atoms with van der Waals surface area (Å²) >= 11 is 0. The summed E-state index contributed by atoms with van der Waals surface area (Å²) in [5.41, 5.74) is 8.10. The van der Waals surface area contributed by atoms with E-state index in [0.717, 1.165) is 12.0 Å². The molecule has 3 atom stereocenters. The van der Waals surface area contributed by atoms with Gasteiger partial charge in [0.05, 0.1) is 12.1 Å². The van der Waals surface area contributed by atoms with Crippen molar-refractivity contribution in [3.63, 3.8) is 0 Å². The van der Waals surface area contributed by atoms with Gasteiger partial charge in [-0.2, -0.15) is 0 Å². The van der Waals surface area contributed by atoms with Crippen molar-refractivity contribution in [2.75, 3.05) is 0 Å². The second kappa shape index (κ2) is 7.93. The molecule has 1 rings (SSSR count). The number of carbonyl (C=O) groups excluding carboxylic acids is 2. The maximum absolute atomic E-state index is 12.1. The van der Waals surface area contributed by atoms with Gasteiger partial charge in [0.25, 0.3) is 0 Å². The monoisotopic (exact) mass is 290 g/mol. The van der Waals surface area contributed by atoms with Crippen LogP contribution in [0, 0.1) is 12.8 Å². The molecule has 4 heteroatoms. The summed E-state index contributed by atoms with van der Waals surface area (Å²) in [5, 5.41) is 2.78. The van der Waals surface area contributed by atoms with Gasteiger partial charge in [-0.15, -0.1) is 0 Å². The first-order valence-electron chi connectivity index (χ1n) is 7.47. The van der Waals surface area contributed by atoms with Gasteiger partial charge < -0.3 is 11.1 Å². The third kappa shape index (κ3) is 5.31. The van der Waals surface area contributed by atoms with Crippen LogP contribution in [0.1, 0.15) is 38.3 Å². The summed E-state index contributed by atoms with van der Waals surface area (Å²) in [6, 6.07) is 6.86. The second-order valence-corrected chi connectivity index (χ2v) is 5.77. The van der Waals surface area contributed by atoms with E-state index in [1.165, 1.54) is 12.5 Å².